The van der Waals surface area contributed by atoms with Crippen LogP contribution in [-0.4, -0.2) is 6.54 Å². The number of benzene rings is 2. The molecule has 2 aromatic rings. The fraction of sp³-hybridized carbons (Fsp3) is 0.200. The van der Waals surface area contributed by atoms with Gasteiger partial charge in [0.2, 0.25) is 5.39 Å². The van der Waals surface area contributed by atoms with Crippen molar-refractivity contribution < 1.29 is 69.1 Å². The van der Waals surface area contributed by atoms with Crippen LogP contribution in [0, 0.1) is 5.39 Å². The molecule has 0 aliphatic heterocycles. The Morgan fingerprint density at radius 3 is 1.83 bits per heavy atom. The van der Waals surface area contributed by atoms with Crippen molar-refractivity contribution in [2.75, 3.05) is 11.4 Å². The van der Waals surface area contributed by atoms with Gasteiger partial charge in [0, 0.05) is 30.9 Å². The summed E-state index contributed by atoms with van der Waals surface area (Å²) in [7, 11) is 0. The molecule has 0 aromatic heterocycles. The molecule has 0 saturated heterocycles. The van der Waals surface area contributed by atoms with Crippen LogP contribution >= 0.6 is 0 Å². The quantitative estimate of drug-likeness (QED) is 0.346. The Morgan fingerprint density at radius 1 is 0.870 bits per heavy atom. The van der Waals surface area contributed by atoms with Gasteiger partial charge in [-0.25, -0.2) is 0 Å². The largest absolute Gasteiger partial charge is 2.00 e. The van der Waals surface area contributed by atoms with E-state index < -0.39 is 0 Å². The van der Waals surface area contributed by atoms with E-state index >= 15 is 0 Å². The smallest absolute Gasteiger partial charge is 1.00 e. The zero-order valence-electron chi connectivity index (χ0n) is 12.7. The number of nitrogens with zero attached hydrogens (tertiary/aromatic N) is 3. The molecular weight excluding hydrogens is 429 g/mol. The van der Waals surface area contributed by atoms with E-state index in [0.29, 0.717) is 5.69 Å². The summed E-state index contributed by atoms with van der Waals surface area (Å²) in [5.41, 5.74) is 3.00. The minimum absolute atomic E-state index is 0. The minimum atomic E-state index is 0. The van der Waals surface area contributed by atoms with Gasteiger partial charge in [-0.2, -0.15) is 0 Å². The van der Waals surface area contributed by atoms with Gasteiger partial charge in [0.15, 0.2) is 4.98 Å². The van der Waals surface area contributed by atoms with Gasteiger partial charge < -0.3 is 54.5 Å². The molecule has 23 heavy (non-hydrogen) atoms. The fourth-order valence-corrected chi connectivity index (χ4v) is 1.92. The van der Waals surface area contributed by atoms with Crippen molar-refractivity contribution in [3.05, 3.63) is 65.1 Å². The van der Waals surface area contributed by atoms with Crippen LogP contribution in [-0.2, 0) is 26.0 Å². The number of diazo groups is 1. The summed E-state index contributed by atoms with van der Waals surface area (Å²) in [6.45, 7) is 3.95. The predicted molar refractivity (Wildman–Crippen MR) is 74.4 cm³/mol. The van der Waals surface area contributed by atoms with E-state index in [9.17, 15) is 0 Å². The fourth-order valence-electron chi connectivity index (χ4n) is 1.92. The number of hydrogen-bond donors (Lipinski definition) is 0. The first kappa shape index (κ1) is 30.3. The van der Waals surface area contributed by atoms with Crippen LogP contribution in [0.5, 0.6) is 0 Å². The van der Waals surface area contributed by atoms with Crippen molar-refractivity contribution in [3.8, 4) is 0 Å². The number of anilines is 1. The molecule has 0 aliphatic carbocycles. The molecule has 0 unspecified atom stereocenters. The van der Waals surface area contributed by atoms with Crippen LogP contribution in [0.25, 0.3) is 4.98 Å². The first-order valence-electron chi connectivity index (χ1n) is 6.07. The Morgan fingerprint density at radius 2 is 1.39 bits per heavy atom. The van der Waals surface area contributed by atoms with E-state index in [1.807, 2.05) is 30.3 Å². The van der Waals surface area contributed by atoms with Crippen molar-refractivity contribution in [2.45, 2.75) is 13.5 Å². The Bertz CT molecular complexity index is 547. The monoisotopic (exact) mass is 442 g/mol. The van der Waals surface area contributed by atoms with Crippen molar-refractivity contribution in [3.63, 3.8) is 0 Å². The molecule has 0 spiro atoms. The molecule has 8 heteroatoms. The summed E-state index contributed by atoms with van der Waals surface area (Å²) in [5, 5.41) is 8.67. The molecule has 3 nitrogen and oxygen atoms in total. The topological polar surface area (TPSA) is 31.4 Å². The van der Waals surface area contributed by atoms with Gasteiger partial charge in [-0.1, -0.05) is 30.3 Å². The maximum atomic E-state index is 8.67. The second-order valence-corrected chi connectivity index (χ2v) is 4.12. The average molecular weight is 446 g/mol. The molecule has 2 aromatic carbocycles. The first-order chi connectivity index (χ1) is 8.83. The minimum Gasteiger partial charge on any atom is -1.00 e. The Hall–Kier alpha value is -0.557. The van der Waals surface area contributed by atoms with Crippen molar-refractivity contribution in [2.24, 2.45) is 0 Å². The molecular formula is C15H16Cl4N3Zn-. The summed E-state index contributed by atoms with van der Waals surface area (Å²) in [5.74, 6) is 0. The van der Waals surface area contributed by atoms with Crippen LogP contribution in [0.2, 0.25) is 0 Å². The molecule has 0 N–H and O–H groups in total. The molecule has 2 rings (SSSR count). The molecule has 0 fully saturated rings. The van der Waals surface area contributed by atoms with Crippen molar-refractivity contribution in [1.29, 1.82) is 5.39 Å². The maximum absolute atomic E-state index is 8.67. The van der Waals surface area contributed by atoms with Gasteiger partial charge in [-0.3, -0.25) is 0 Å². The number of halogens is 4. The van der Waals surface area contributed by atoms with Gasteiger partial charge in [0.05, 0.1) is 0 Å². The molecule has 0 bridgehead atoms. The third-order valence-corrected chi connectivity index (χ3v) is 2.93. The SMILES string of the molecule is CCN(Cc1ccccc1)c1ccc([N+]#N)cc1.[Cl-].[Cl-].[Cl-].[Cl-].[Zn+2]. The molecule has 0 atom stereocenters. The third-order valence-electron chi connectivity index (χ3n) is 2.93. The van der Waals surface area contributed by atoms with E-state index in [4.69, 9.17) is 5.39 Å². The zero-order chi connectivity index (χ0) is 12.8. The van der Waals surface area contributed by atoms with Crippen LogP contribution in [0.4, 0.5) is 11.4 Å². The summed E-state index contributed by atoms with van der Waals surface area (Å²) in [6.07, 6.45) is 0. The van der Waals surface area contributed by atoms with Crippen LogP contribution in [0.3, 0.4) is 0 Å². The molecule has 0 amide bonds. The van der Waals surface area contributed by atoms with Gasteiger partial charge >= 0.3 is 25.2 Å². The normalized spacial score (nSPS) is 7.65. The Balaban J connectivity index is -0.000000361. The molecule has 122 valence electrons. The summed E-state index contributed by atoms with van der Waals surface area (Å²) in [4.78, 5) is 5.44. The Labute approximate surface area is 175 Å². The van der Waals surface area contributed by atoms with E-state index in [-0.39, 0.29) is 69.1 Å². The zero-order valence-corrected chi connectivity index (χ0v) is 18.7. The van der Waals surface area contributed by atoms with Gasteiger partial charge in [-0.05, 0) is 24.6 Å². The molecule has 0 aliphatic rings. The maximum Gasteiger partial charge on any atom is 2.00 e. The van der Waals surface area contributed by atoms with Crippen LogP contribution < -0.4 is 54.5 Å². The predicted octanol–water partition coefficient (Wildman–Crippen LogP) is -7.79. The van der Waals surface area contributed by atoms with Gasteiger partial charge in [0.1, 0.15) is 0 Å². The summed E-state index contributed by atoms with van der Waals surface area (Å²) < 4.78 is 0. The standard InChI is InChI=1S/C15H16N3.4ClH.Zn/c1-2-18(12-13-6-4-3-5-7-13)15-10-8-14(17-16)9-11-15;;;;;/h3-11H,2,12H2,1H3;4*1H;/q+1;;;;;+2/p-4. The first-order valence-corrected chi connectivity index (χ1v) is 6.07. The van der Waals surface area contributed by atoms with Gasteiger partial charge in [-0.15, -0.1) is 0 Å². The Kier molecular flexibility index (Phi) is 21.5. The van der Waals surface area contributed by atoms with E-state index in [0.717, 1.165) is 18.8 Å². The van der Waals surface area contributed by atoms with Crippen LogP contribution in [0.1, 0.15) is 12.5 Å². The second-order valence-electron chi connectivity index (χ2n) is 4.12. The summed E-state index contributed by atoms with van der Waals surface area (Å²) in [6, 6.07) is 17.9. The van der Waals surface area contributed by atoms with E-state index in [1.54, 1.807) is 0 Å². The average Bonchev–Trinajstić information content (AvgIpc) is 2.46. The van der Waals surface area contributed by atoms with Crippen molar-refractivity contribution in [1.82, 2.24) is 0 Å². The number of rotatable bonds is 4. The molecule has 0 heterocycles. The van der Waals surface area contributed by atoms with Crippen molar-refractivity contribution >= 4 is 11.4 Å². The van der Waals surface area contributed by atoms with Gasteiger partial charge in [0.25, 0.3) is 0 Å². The number of hydrogen-bond acceptors (Lipinski definition) is 2. The second kappa shape index (κ2) is 16.3. The molecule has 0 radical (unpaired) electrons. The van der Waals surface area contributed by atoms with E-state index in [1.165, 1.54) is 5.56 Å². The van der Waals surface area contributed by atoms with Crippen LogP contribution in [0.15, 0.2) is 54.6 Å². The summed E-state index contributed by atoms with van der Waals surface area (Å²) >= 11 is 0. The third kappa shape index (κ3) is 9.35. The molecule has 0 saturated carbocycles. The van der Waals surface area contributed by atoms with E-state index in [2.05, 4.69) is 41.1 Å².